The zero-order valence-corrected chi connectivity index (χ0v) is 13.0. The predicted molar refractivity (Wildman–Crippen MR) is 81.7 cm³/mol. The molecule has 0 aliphatic rings. The van der Waals surface area contributed by atoms with Crippen LogP contribution in [-0.2, 0) is 16.4 Å². The third-order valence-electron chi connectivity index (χ3n) is 2.67. The molecular weight excluding hydrogens is 342 g/mol. The molecule has 0 amide bonds. The Balaban J connectivity index is 2.06. The summed E-state index contributed by atoms with van der Waals surface area (Å²) < 4.78 is 27.4. The fourth-order valence-electron chi connectivity index (χ4n) is 1.68. The Kier molecular flexibility index (Phi) is 4.74. The highest BCUT2D eigenvalue weighted by Crippen LogP contribution is 2.23. The van der Waals surface area contributed by atoms with Gasteiger partial charge in [0.1, 0.15) is 0 Å². The van der Waals surface area contributed by atoms with Crippen LogP contribution in [-0.4, -0.2) is 19.9 Å². The van der Waals surface area contributed by atoms with Gasteiger partial charge in [-0.05, 0) is 52.2 Å². The summed E-state index contributed by atoms with van der Waals surface area (Å²) in [6, 6.07) is 8.40. The molecule has 1 aromatic heterocycles. The predicted octanol–water partition coefficient (Wildman–Crippen LogP) is 1.95. The van der Waals surface area contributed by atoms with Gasteiger partial charge in [-0.3, -0.25) is 4.98 Å². The minimum absolute atomic E-state index is 0.142. The van der Waals surface area contributed by atoms with Crippen LogP contribution in [0.3, 0.4) is 0 Å². The molecule has 0 atom stereocenters. The number of nitrogens with two attached hydrogens (primary N) is 1. The quantitative estimate of drug-likeness (QED) is 0.802. The van der Waals surface area contributed by atoms with Crippen molar-refractivity contribution in [3.05, 3.63) is 52.8 Å². The average molecular weight is 356 g/mol. The Morgan fingerprint density at radius 3 is 2.80 bits per heavy atom. The number of rotatable bonds is 5. The molecule has 3 N–H and O–H groups in total. The van der Waals surface area contributed by atoms with E-state index in [0.29, 0.717) is 23.1 Å². The van der Waals surface area contributed by atoms with Crippen molar-refractivity contribution in [1.82, 2.24) is 9.71 Å². The highest BCUT2D eigenvalue weighted by Gasteiger charge is 2.17. The lowest BCUT2D eigenvalue weighted by atomic mass is 10.2. The number of benzene rings is 1. The molecule has 0 radical (unpaired) electrons. The van der Waals surface area contributed by atoms with Crippen molar-refractivity contribution in [2.75, 3.05) is 12.3 Å². The first-order chi connectivity index (χ1) is 9.49. The number of hydrogen-bond donors (Lipinski definition) is 2. The second-order valence-electron chi connectivity index (χ2n) is 4.20. The van der Waals surface area contributed by atoms with Crippen LogP contribution in [0, 0.1) is 0 Å². The third-order valence-corrected chi connectivity index (χ3v) is 5.13. The van der Waals surface area contributed by atoms with Crippen LogP contribution >= 0.6 is 15.9 Å². The third kappa shape index (κ3) is 3.78. The van der Waals surface area contributed by atoms with E-state index in [2.05, 4.69) is 25.6 Å². The molecule has 5 nitrogen and oxygen atoms in total. The van der Waals surface area contributed by atoms with E-state index in [-0.39, 0.29) is 4.90 Å². The smallest absolute Gasteiger partial charge is 0.241 e. The minimum Gasteiger partial charge on any atom is -0.399 e. The monoisotopic (exact) mass is 355 g/mol. The molecule has 0 bridgehead atoms. The summed E-state index contributed by atoms with van der Waals surface area (Å²) in [7, 11) is -3.58. The molecule has 0 aliphatic carbocycles. The molecule has 20 heavy (non-hydrogen) atoms. The molecule has 106 valence electrons. The Morgan fingerprint density at radius 1 is 1.30 bits per heavy atom. The number of pyridine rings is 1. The van der Waals surface area contributed by atoms with Gasteiger partial charge in [0.15, 0.2) is 0 Å². The summed E-state index contributed by atoms with van der Waals surface area (Å²) in [5.41, 5.74) is 7.00. The van der Waals surface area contributed by atoms with Crippen molar-refractivity contribution in [2.45, 2.75) is 11.3 Å². The average Bonchev–Trinajstić information content (AvgIpc) is 2.42. The van der Waals surface area contributed by atoms with Crippen molar-refractivity contribution in [3.8, 4) is 0 Å². The van der Waals surface area contributed by atoms with Gasteiger partial charge in [-0.2, -0.15) is 0 Å². The summed E-state index contributed by atoms with van der Waals surface area (Å²) in [6.07, 6.45) is 3.97. The molecule has 0 unspecified atom stereocenters. The van der Waals surface area contributed by atoms with Crippen LogP contribution in [0.5, 0.6) is 0 Å². The summed E-state index contributed by atoms with van der Waals surface area (Å²) in [4.78, 5) is 4.12. The summed E-state index contributed by atoms with van der Waals surface area (Å²) in [5, 5.41) is 0. The molecule has 0 aliphatic heterocycles. The number of nitrogen functional groups attached to an aromatic ring is 1. The SMILES string of the molecule is Nc1ccc(Br)c(S(=O)(=O)NCCc2cccnc2)c1. The molecule has 0 saturated heterocycles. The zero-order chi connectivity index (χ0) is 14.6. The van der Waals surface area contributed by atoms with Gasteiger partial charge in [-0.25, -0.2) is 13.1 Å². The highest BCUT2D eigenvalue weighted by atomic mass is 79.9. The normalized spacial score (nSPS) is 11.4. The number of hydrogen-bond acceptors (Lipinski definition) is 4. The summed E-state index contributed by atoms with van der Waals surface area (Å²) in [5.74, 6) is 0. The minimum atomic E-state index is -3.58. The maximum absolute atomic E-state index is 12.2. The van der Waals surface area contributed by atoms with Crippen molar-refractivity contribution in [3.63, 3.8) is 0 Å². The van der Waals surface area contributed by atoms with Crippen LogP contribution < -0.4 is 10.5 Å². The topological polar surface area (TPSA) is 85.1 Å². The van der Waals surface area contributed by atoms with Crippen LogP contribution in [0.1, 0.15) is 5.56 Å². The molecule has 2 rings (SSSR count). The summed E-state index contributed by atoms with van der Waals surface area (Å²) >= 11 is 3.22. The first-order valence-electron chi connectivity index (χ1n) is 5.92. The number of sulfonamides is 1. The number of nitrogens with one attached hydrogen (secondary N) is 1. The van der Waals surface area contributed by atoms with Gasteiger partial charge in [0.05, 0.1) is 4.90 Å². The van der Waals surface area contributed by atoms with E-state index in [9.17, 15) is 8.42 Å². The number of anilines is 1. The lowest BCUT2D eigenvalue weighted by molar-refractivity contribution is 0.581. The van der Waals surface area contributed by atoms with Gasteiger partial charge in [0.25, 0.3) is 0 Å². The number of aromatic nitrogens is 1. The Morgan fingerprint density at radius 2 is 2.10 bits per heavy atom. The lowest BCUT2D eigenvalue weighted by Crippen LogP contribution is -2.26. The molecule has 1 aromatic carbocycles. The van der Waals surface area contributed by atoms with Gasteiger partial charge in [0.2, 0.25) is 10.0 Å². The molecule has 0 saturated carbocycles. The molecular formula is C13H14BrN3O2S. The van der Waals surface area contributed by atoms with Crippen LogP contribution in [0.25, 0.3) is 0 Å². The van der Waals surface area contributed by atoms with Crippen molar-refractivity contribution >= 4 is 31.6 Å². The van der Waals surface area contributed by atoms with Crippen LogP contribution in [0.15, 0.2) is 52.1 Å². The molecule has 2 aromatic rings. The first kappa shape index (κ1) is 15.0. The maximum Gasteiger partial charge on any atom is 0.241 e. The second kappa shape index (κ2) is 6.34. The Labute approximate surface area is 126 Å². The second-order valence-corrected chi connectivity index (χ2v) is 6.79. The molecule has 7 heteroatoms. The van der Waals surface area contributed by atoms with E-state index in [1.54, 1.807) is 24.5 Å². The van der Waals surface area contributed by atoms with Crippen molar-refractivity contribution in [1.29, 1.82) is 0 Å². The number of halogens is 1. The Hall–Kier alpha value is -1.44. The van der Waals surface area contributed by atoms with E-state index in [1.165, 1.54) is 6.07 Å². The zero-order valence-electron chi connectivity index (χ0n) is 10.6. The molecule has 0 spiro atoms. The van der Waals surface area contributed by atoms with Gasteiger partial charge < -0.3 is 5.73 Å². The highest BCUT2D eigenvalue weighted by molar-refractivity contribution is 9.10. The largest absolute Gasteiger partial charge is 0.399 e. The van der Waals surface area contributed by atoms with Crippen molar-refractivity contribution < 1.29 is 8.42 Å². The molecule has 0 fully saturated rings. The fraction of sp³-hybridized carbons (Fsp3) is 0.154. The summed E-state index contributed by atoms with van der Waals surface area (Å²) in [6.45, 7) is 0.301. The van der Waals surface area contributed by atoms with E-state index in [1.807, 2.05) is 12.1 Å². The van der Waals surface area contributed by atoms with Gasteiger partial charge in [-0.1, -0.05) is 6.07 Å². The van der Waals surface area contributed by atoms with Crippen molar-refractivity contribution in [2.24, 2.45) is 0 Å². The fourth-order valence-corrected chi connectivity index (χ4v) is 3.71. The van der Waals surface area contributed by atoms with E-state index in [4.69, 9.17) is 5.73 Å². The van der Waals surface area contributed by atoms with E-state index in [0.717, 1.165) is 5.56 Å². The number of nitrogens with zero attached hydrogens (tertiary/aromatic N) is 1. The van der Waals surface area contributed by atoms with E-state index < -0.39 is 10.0 Å². The Bertz CT molecular complexity index is 690. The van der Waals surface area contributed by atoms with Crippen LogP contribution in [0.2, 0.25) is 0 Å². The van der Waals surface area contributed by atoms with Gasteiger partial charge in [0, 0.05) is 29.1 Å². The van der Waals surface area contributed by atoms with Crippen LogP contribution in [0.4, 0.5) is 5.69 Å². The first-order valence-corrected chi connectivity index (χ1v) is 8.20. The molecule has 1 heterocycles. The maximum atomic E-state index is 12.2. The van der Waals surface area contributed by atoms with E-state index >= 15 is 0 Å². The lowest BCUT2D eigenvalue weighted by Gasteiger charge is -2.09. The van der Waals surface area contributed by atoms with Gasteiger partial charge in [-0.15, -0.1) is 0 Å². The standard InChI is InChI=1S/C13H14BrN3O2S/c14-12-4-3-11(15)8-13(12)20(18,19)17-7-5-10-2-1-6-16-9-10/h1-4,6,8-9,17H,5,7,15H2. The van der Waals surface area contributed by atoms with Gasteiger partial charge >= 0.3 is 0 Å².